The molecule has 0 radical (unpaired) electrons. The number of nitriles is 1. The van der Waals surface area contributed by atoms with Gasteiger partial charge in [-0.05, 0) is 31.5 Å². The number of ether oxygens (including phenoxy) is 1. The zero-order valence-corrected chi connectivity index (χ0v) is 9.84. The summed E-state index contributed by atoms with van der Waals surface area (Å²) in [4.78, 5) is 0. The van der Waals surface area contributed by atoms with Crippen LogP contribution in [0, 0.1) is 11.3 Å². The van der Waals surface area contributed by atoms with Gasteiger partial charge in [0, 0.05) is 6.61 Å². The van der Waals surface area contributed by atoms with Gasteiger partial charge in [-0.1, -0.05) is 11.6 Å². The maximum atomic E-state index is 8.74. The topological polar surface area (TPSA) is 45.0 Å². The number of anilines is 1. The summed E-state index contributed by atoms with van der Waals surface area (Å²) in [6.07, 6.45) is 0.962. The summed E-state index contributed by atoms with van der Waals surface area (Å²) in [6.45, 7) is 3.56. The Balaban J connectivity index is 2.19. The summed E-state index contributed by atoms with van der Waals surface area (Å²) in [7, 11) is 0. The molecular formula is C12H13ClN2O. The van der Waals surface area contributed by atoms with Crippen LogP contribution in [0.3, 0.4) is 0 Å². The number of hydrogen-bond acceptors (Lipinski definition) is 3. The van der Waals surface area contributed by atoms with Crippen molar-refractivity contribution < 1.29 is 4.74 Å². The summed E-state index contributed by atoms with van der Waals surface area (Å²) in [5.74, 6) is 0. The van der Waals surface area contributed by atoms with Crippen molar-refractivity contribution in [1.82, 2.24) is 0 Å². The first-order chi connectivity index (χ1) is 7.63. The third-order valence-corrected chi connectivity index (χ3v) is 3.07. The summed E-state index contributed by atoms with van der Waals surface area (Å²) in [6, 6.07) is 7.33. The highest BCUT2D eigenvalue weighted by Gasteiger charge is 2.29. The molecule has 2 rings (SSSR count). The molecule has 0 bridgehead atoms. The van der Waals surface area contributed by atoms with Gasteiger partial charge in [-0.2, -0.15) is 5.26 Å². The van der Waals surface area contributed by atoms with Crippen molar-refractivity contribution in [3.8, 4) is 6.07 Å². The first-order valence-corrected chi connectivity index (χ1v) is 5.56. The second-order valence-corrected chi connectivity index (χ2v) is 4.70. The average Bonchev–Trinajstić information content (AvgIpc) is 2.68. The van der Waals surface area contributed by atoms with Gasteiger partial charge in [0.05, 0.1) is 34.5 Å². The molecule has 0 spiro atoms. The number of hydrogen-bond donors (Lipinski definition) is 1. The van der Waals surface area contributed by atoms with Gasteiger partial charge in [0.15, 0.2) is 0 Å². The van der Waals surface area contributed by atoms with Gasteiger partial charge in [0.1, 0.15) is 0 Å². The van der Waals surface area contributed by atoms with Crippen molar-refractivity contribution in [2.45, 2.75) is 18.9 Å². The van der Waals surface area contributed by atoms with Gasteiger partial charge < -0.3 is 10.1 Å². The molecule has 1 aromatic rings. The minimum Gasteiger partial charge on any atom is -0.379 e. The minimum absolute atomic E-state index is 0.0577. The molecule has 0 aromatic heterocycles. The van der Waals surface area contributed by atoms with Gasteiger partial charge in [-0.25, -0.2) is 0 Å². The molecule has 84 valence electrons. The number of nitrogens with zero attached hydrogens (tertiary/aromatic N) is 1. The predicted molar refractivity (Wildman–Crippen MR) is 63.6 cm³/mol. The fourth-order valence-electron chi connectivity index (χ4n) is 1.78. The van der Waals surface area contributed by atoms with Crippen LogP contribution in [-0.4, -0.2) is 18.8 Å². The molecule has 1 heterocycles. The molecular weight excluding hydrogens is 224 g/mol. The van der Waals surface area contributed by atoms with Crippen molar-refractivity contribution in [1.29, 1.82) is 5.26 Å². The first-order valence-electron chi connectivity index (χ1n) is 5.19. The fourth-order valence-corrected chi connectivity index (χ4v) is 2.00. The van der Waals surface area contributed by atoms with Crippen LogP contribution in [0.4, 0.5) is 5.69 Å². The Morgan fingerprint density at radius 1 is 1.56 bits per heavy atom. The van der Waals surface area contributed by atoms with E-state index in [4.69, 9.17) is 21.6 Å². The fraction of sp³-hybridized carbons (Fsp3) is 0.417. The standard InChI is InChI=1S/C12H13ClN2O/c1-12(4-5-16-8-12)15-11-3-2-9(7-14)6-10(11)13/h2-3,6,15H,4-5,8H2,1H3. The largest absolute Gasteiger partial charge is 0.379 e. The normalized spacial score (nSPS) is 24.1. The van der Waals surface area contributed by atoms with E-state index in [9.17, 15) is 0 Å². The molecule has 1 atom stereocenters. The maximum Gasteiger partial charge on any atom is 0.0992 e. The second-order valence-electron chi connectivity index (χ2n) is 4.29. The van der Waals surface area contributed by atoms with E-state index in [2.05, 4.69) is 18.3 Å². The quantitative estimate of drug-likeness (QED) is 0.859. The molecule has 3 nitrogen and oxygen atoms in total. The van der Waals surface area contributed by atoms with E-state index in [1.54, 1.807) is 12.1 Å². The summed E-state index contributed by atoms with van der Waals surface area (Å²) < 4.78 is 5.36. The lowest BCUT2D eigenvalue weighted by molar-refractivity contribution is 0.185. The minimum atomic E-state index is -0.0577. The van der Waals surface area contributed by atoms with Crippen LogP contribution in [0.1, 0.15) is 18.9 Å². The summed E-state index contributed by atoms with van der Waals surface area (Å²) in [5.41, 5.74) is 1.37. The van der Waals surface area contributed by atoms with E-state index >= 15 is 0 Å². The number of benzene rings is 1. The smallest absolute Gasteiger partial charge is 0.0992 e. The van der Waals surface area contributed by atoms with Gasteiger partial charge in [-0.15, -0.1) is 0 Å². The van der Waals surface area contributed by atoms with Gasteiger partial charge in [0.2, 0.25) is 0 Å². The third-order valence-electron chi connectivity index (χ3n) is 2.75. The Morgan fingerprint density at radius 2 is 2.38 bits per heavy atom. The van der Waals surface area contributed by atoms with Crippen LogP contribution < -0.4 is 5.32 Å². The van der Waals surface area contributed by atoms with Crippen molar-refractivity contribution in [2.24, 2.45) is 0 Å². The van der Waals surface area contributed by atoms with Crippen LogP contribution >= 0.6 is 11.6 Å². The zero-order chi connectivity index (χ0) is 11.6. The molecule has 1 aliphatic heterocycles. The summed E-state index contributed by atoms with van der Waals surface area (Å²) >= 11 is 6.09. The van der Waals surface area contributed by atoms with Crippen LogP contribution in [0.5, 0.6) is 0 Å². The average molecular weight is 237 g/mol. The molecule has 0 amide bonds. The molecule has 1 fully saturated rings. The van der Waals surface area contributed by atoms with E-state index in [1.807, 2.05) is 6.07 Å². The lowest BCUT2D eigenvalue weighted by Crippen LogP contribution is -2.35. The van der Waals surface area contributed by atoms with E-state index in [-0.39, 0.29) is 5.54 Å². The van der Waals surface area contributed by atoms with E-state index in [0.29, 0.717) is 17.2 Å². The third kappa shape index (κ3) is 2.29. The lowest BCUT2D eigenvalue weighted by atomic mass is 10.0. The molecule has 0 aliphatic carbocycles. The number of halogens is 1. The van der Waals surface area contributed by atoms with Crippen LogP contribution in [0.2, 0.25) is 5.02 Å². The molecule has 1 saturated heterocycles. The Morgan fingerprint density at radius 3 is 2.94 bits per heavy atom. The van der Waals surface area contributed by atoms with Gasteiger partial charge in [0.25, 0.3) is 0 Å². The first kappa shape index (κ1) is 11.3. The highest BCUT2D eigenvalue weighted by molar-refractivity contribution is 6.33. The van der Waals surface area contributed by atoms with E-state index in [0.717, 1.165) is 18.7 Å². The van der Waals surface area contributed by atoms with Crippen molar-refractivity contribution in [2.75, 3.05) is 18.5 Å². The maximum absolute atomic E-state index is 8.74. The second kappa shape index (κ2) is 4.32. The Labute approximate surface area is 100.0 Å². The zero-order valence-electron chi connectivity index (χ0n) is 9.09. The Kier molecular flexibility index (Phi) is 3.04. The Bertz CT molecular complexity index is 433. The summed E-state index contributed by atoms with van der Waals surface area (Å²) in [5, 5.41) is 12.7. The van der Waals surface area contributed by atoms with Gasteiger partial charge >= 0.3 is 0 Å². The Hall–Kier alpha value is -1.24. The SMILES string of the molecule is CC1(Nc2ccc(C#N)cc2Cl)CCOC1. The molecule has 1 aliphatic rings. The van der Waals surface area contributed by atoms with Crippen LogP contribution in [0.25, 0.3) is 0 Å². The highest BCUT2D eigenvalue weighted by atomic mass is 35.5. The van der Waals surface area contributed by atoms with Crippen LogP contribution in [-0.2, 0) is 4.74 Å². The lowest BCUT2D eigenvalue weighted by Gasteiger charge is -2.25. The van der Waals surface area contributed by atoms with Crippen molar-refractivity contribution >= 4 is 17.3 Å². The molecule has 1 unspecified atom stereocenters. The van der Waals surface area contributed by atoms with Gasteiger partial charge in [-0.3, -0.25) is 0 Å². The monoisotopic (exact) mass is 236 g/mol. The highest BCUT2D eigenvalue weighted by Crippen LogP contribution is 2.29. The number of nitrogens with one attached hydrogen (secondary N) is 1. The van der Waals surface area contributed by atoms with Crippen LogP contribution in [0.15, 0.2) is 18.2 Å². The molecule has 1 aromatic carbocycles. The molecule has 0 saturated carbocycles. The van der Waals surface area contributed by atoms with Crippen molar-refractivity contribution in [3.63, 3.8) is 0 Å². The van der Waals surface area contributed by atoms with E-state index in [1.165, 1.54) is 0 Å². The van der Waals surface area contributed by atoms with E-state index < -0.39 is 0 Å². The number of rotatable bonds is 2. The molecule has 4 heteroatoms. The van der Waals surface area contributed by atoms with Crippen molar-refractivity contribution in [3.05, 3.63) is 28.8 Å². The predicted octanol–water partition coefficient (Wildman–Crippen LogP) is 2.80. The molecule has 16 heavy (non-hydrogen) atoms. The molecule has 1 N–H and O–H groups in total.